The minimum Gasteiger partial charge on any atom is -0.338 e. The Hall–Kier alpha value is -3.15. The highest BCUT2D eigenvalue weighted by Gasteiger charge is 2.07. The Morgan fingerprint density at radius 3 is 2.76 bits per heavy atom. The van der Waals surface area contributed by atoms with Gasteiger partial charge in [-0.05, 0) is 12.0 Å². The Bertz CT molecular complexity index is 970. The number of hydrogen-bond donors (Lipinski definition) is 1. The average molecular weight is 332 g/mol. The second kappa shape index (κ2) is 6.76. The van der Waals surface area contributed by atoms with Crippen LogP contribution in [0.5, 0.6) is 0 Å². The van der Waals surface area contributed by atoms with Crippen molar-refractivity contribution in [3.63, 3.8) is 0 Å². The van der Waals surface area contributed by atoms with Gasteiger partial charge in [0.15, 0.2) is 0 Å². The molecule has 1 aromatic carbocycles. The molecule has 0 fully saturated rings. The van der Waals surface area contributed by atoms with E-state index in [1.807, 2.05) is 58.4 Å². The second-order valence-electron chi connectivity index (χ2n) is 6.03. The van der Waals surface area contributed by atoms with Crippen LogP contribution in [-0.4, -0.2) is 24.5 Å². The first-order valence-corrected chi connectivity index (χ1v) is 8.47. The quantitative estimate of drug-likeness (QED) is 0.583. The smallest absolute Gasteiger partial charge is 0.132 e. The summed E-state index contributed by atoms with van der Waals surface area (Å²) in [6.45, 7) is 3.79. The summed E-state index contributed by atoms with van der Waals surface area (Å²) in [5.41, 5.74) is 3.22. The van der Waals surface area contributed by atoms with Crippen LogP contribution in [-0.2, 0) is 13.1 Å². The Morgan fingerprint density at radius 1 is 1.04 bits per heavy atom. The number of fused-ring (bicyclic) bond motifs is 1. The molecule has 126 valence electrons. The van der Waals surface area contributed by atoms with E-state index in [1.54, 1.807) is 0 Å². The van der Waals surface area contributed by atoms with Gasteiger partial charge >= 0.3 is 0 Å². The Balaban J connectivity index is 1.59. The number of hydrogen-bond acceptors (Lipinski definition) is 4. The van der Waals surface area contributed by atoms with E-state index < -0.39 is 0 Å². The zero-order valence-corrected chi connectivity index (χ0v) is 14.1. The molecule has 0 amide bonds. The van der Waals surface area contributed by atoms with Gasteiger partial charge in [0.25, 0.3) is 0 Å². The van der Waals surface area contributed by atoms with E-state index in [1.165, 1.54) is 5.56 Å². The molecule has 0 aliphatic carbocycles. The fourth-order valence-corrected chi connectivity index (χ4v) is 2.85. The number of rotatable bonds is 6. The van der Waals surface area contributed by atoms with Crippen LogP contribution in [0.15, 0.2) is 61.2 Å². The van der Waals surface area contributed by atoms with Crippen molar-refractivity contribution in [1.82, 2.24) is 24.5 Å². The van der Waals surface area contributed by atoms with Gasteiger partial charge in [0.2, 0.25) is 0 Å². The summed E-state index contributed by atoms with van der Waals surface area (Å²) in [4.78, 5) is 4.48. The van der Waals surface area contributed by atoms with Crippen LogP contribution in [0.1, 0.15) is 18.9 Å². The van der Waals surface area contributed by atoms with Crippen LogP contribution in [0.3, 0.4) is 0 Å². The molecule has 3 heterocycles. The van der Waals surface area contributed by atoms with Crippen LogP contribution in [0.2, 0.25) is 0 Å². The van der Waals surface area contributed by atoms with E-state index in [9.17, 15) is 0 Å². The third-order valence-corrected chi connectivity index (χ3v) is 4.06. The molecule has 0 atom stereocenters. The fraction of sp³-hybridized carbons (Fsp3) is 0.211. The molecule has 3 aromatic heterocycles. The van der Waals surface area contributed by atoms with Crippen molar-refractivity contribution < 1.29 is 0 Å². The first-order valence-electron chi connectivity index (χ1n) is 8.47. The molecule has 0 radical (unpaired) electrons. The van der Waals surface area contributed by atoms with Gasteiger partial charge in [-0.1, -0.05) is 37.3 Å². The van der Waals surface area contributed by atoms with Gasteiger partial charge in [0, 0.05) is 30.4 Å². The molecule has 0 bridgehead atoms. The molecule has 0 saturated carbocycles. The Labute approximate surface area is 146 Å². The predicted molar refractivity (Wildman–Crippen MR) is 98.9 cm³/mol. The molecule has 0 aliphatic heterocycles. The summed E-state index contributed by atoms with van der Waals surface area (Å²) >= 11 is 0. The average Bonchev–Trinajstić information content (AvgIpc) is 3.24. The molecule has 0 saturated heterocycles. The van der Waals surface area contributed by atoms with E-state index in [4.69, 9.17) is 0 Å². The van der Waals surface area contributed by atoms with E-state index >= 15 is 0 Å². The SMILES string of the molecule is CCCn1cc(Nc2cc3c(cn2)cnn3Cc2ccccc2)cn1. The van der Waals surface area contributed by atoms with Gasteiger partial charge in [-0.3, -0.25) is 9.36 Å². The van der Waals surface area contributed by atoms with Gasteiger partial charge in [-0.2, -0.15) is 10.2 Å². The highest BCUT2D eigenvalue weighted by molar-refractivity contribution is 5.81. The molecule has 0 unspecified atom stereocenters. The molecular formula is C19H20N6. The minimum absolute atomic E-state index is 0.738. The molecule has 25 heavy (non-hydrogen) atoms. The van der Waals surface area contributed by atoms with Crippen LogP contribution >= 0.6 is 0 Å². The molecule has 1 N–H and O–H groups in total. The van der Waals surface area contributed by atoms with Crippen molar-refractivity contribution in [2.24, 2.45) is 0 Å². The molecular weight excluding hydrogens is 312 g/mol. The highest BCUT2D eigenvalue weighted by Crippen LogP contribution is 2.20. The fourth-order valence-electron chi connectivity index (χ4n) is 2.85. The van der Waals surface area contributed by atoms with Gasteiger partial charge in [0.05, 0.1) is 30.1 Å². The first-order chi connectivity index (χ1) is 12.3. The maximum atomic E-state index is 4.50. The molecule has 0 aliphatic rings. The number of nitrogens with one attached hydrogen (secondary N) is 1. The number of anilines is 2. The third kappa shape index (κ3) is 3.38. The number of benzene rings is 1. The van der Waals surface area contributed by atoms with Crippen molar-refractivity contribution in [3.05, 3.63) is 66.7 Å². The van der Waals surface area contributed by atoms with E-state index in [0.717, 1.165) is 41.9 Å². The van der Waals surface area contributed by atoms with Gasteiger partial charge in [0.1, 0.15) is 5.82 Å². The van der Waals surface area contributed by atoms with Crippen molar-refractivity contribution >= 4 is 22.4 Å². The lowest BCUT2D eigenvalue weighted by molar-refractivity contribution is 0.603. The van der Waals surface area contributed by atoms with Gasteiger partial charge in [-0.25, -0.2) is 4.98 Å². The number of aryl methyl sites for hydroxylation is 1. The number of pyridine rings is 1. The minimum atomic E-state index is 0.738. The highest BCUT2D eigenvalue weighted by atomic mass is 15.3. The van der Waals surface area contributed by atoms with E-state index in [2.05, 4.69) is 39.6 Å². The van der Waals surface area contributed by atoms with Crippen molar-refractivity contribution in [2.45, 2.75) is 26.4 Å². The van der Waals surface area contributed by atoms with Crippen molar-refractivity contribution in [2.75, 3.05) is 5.32 Å². The first kappa shape index (κ1) is 15.4. The summed E-state index contributed by atoms with van der Waals surface area (Å²) in [6.07, 6.45) is 8.58. The summed E-state index contributed by atoms with van der Waals surface area (Å²) < 4.78 is 3.93. The zero-order valence-electron chi connectivity index (χ0n) is 14.1. The second-order valence-corrected chi connectivity index (χ2v) is 6.03. The third-order valence-electron chi connectivity index (χ3n) is 4.06. The Morgan fingerprint density at radius 2 is 1.92 bits per heavy atom. The predicted octanol–water partition coefficient (Wildman–Crippen LogP) is 3.83. The van der Waals surface area contributed by atoms with Crippen molar-refractivity contribution in [1.29, 1.82) is 0 Å². The van der Waals surface area contributed by atoms with Gasteiger partial charge in [-0.15, -0.1) is 0 Å². The topological polar surface area (TPSA) is 60.6 Å². The lowest BCUT2D eigenvalue weighted by atomic mass is 10.2. The van der Waals surface area contributed by atoms with Crippen LogP contribution in [0.4, 0.5) is 11.5 Å². The summed E-state index contributed by atoms with van der Waals surface area (Å²) in [7, 11) is 0. The van der Waals surface area contributed by atoms with Crippen molar-refractivity contribution in [3.8, 4) is 0 Å². The zero-order chi connectivity index (χ0) is 17.1. The lowest BCUT2D eigenvalue weighted by Crippen LogP contribution is -2.01. The Kier molecular flexibility index (Phi) is 4.16. The summed E-state index contributed by atoms with van der Waals surface area (Å²) in [5.74, 6) is 0.790. The summed E-state index contributed by atoms with van der Waals surface area (Å²) in [6, 6.07) is 12.4. The maximum Gasteiger partial charge on any atom is 0.132 e. The number of aromatic nitrogens is 5. The van der Waals surface area contributed by atoms with E-state index in [0.29, 0.717) is 0 Å². The molecule has 0 spiro atoms. The lowest BCUT2D eigenvalue weighted by Gasteiger charge is -2.06. The van der Waals surface area contributed by atoms with Crippen LogP contribution in [0.25, 0.3) is 10.9 Å². The normalized spacial score (nSPS) is 11.1. The molecule has 4 aromatic rings. The van der Waals surface area contributed by atoms with Gasteiger partial charge < -0.3 is 5.32 Å². The standard InChI is InChI=1S/C19H20N6/c1-2-8-24-14-17(12-21-24)23-19-9-18-16(10-20-19)11-22-25(18)13-15-6-4-3-5-7-15/h3-7,9-12,14H,2,8,13H2,1H3,(H,20,23). The monoisotopic (exact) mass is 332 g/mol. The van der Waals surface area contributed by atoms with Crippen LogP contribution < -0.4 is 5.32 Å². The molecule has 6 heteroatoms. The maximum absolute atomic E-state index is 4.50. The van der Waals surface area contributed by atoms with E-state index in [-0.39, 0.29) is 0 Å². The largest absolute Gasteiger partial charge is 0.338 e. The molecule has 4 rings (SSSR count). The van der Waals surface area contributed by atoms with Crippen LogP contribution in [0, 0.1) is 0 Å². The number of nitrogens with zero attached hydrogens (tertiary/aromatic N) is 5. The molecule has 6 nitrogen and oxygen atoms in total. The summed E-state index contributed by atoms with van der Waals surface area (Å²) in [5, 5.41) is 13.2.